The third-order valence-corrected chi connectivity index (χ3v) is 22.2. The summed E-state index contributed by atoms with van der Waals surface area (Å²) in [5.74, 6) is -2.24. The van der Waals surface area contributed by atoms with Crippen LogP contribution in [0, 0.1) is 0 Å². The highest BCUT2D eigenvalue weighted by Crippen LogP contribution is 2.22. The summed E-state index contributed by atoms with van der Waals surface area (Å²) in [6.07, 6.45) is 111. The minimum Gasteiger partial charge on any atom is -0.545 e. The van der Waals surface area contributed by atoms with Gasteiger partial charge in [0.05, 0.1) is 40.3 Å². The number of likely N-dealkylation sites (N-methyl/N-ethyl adjacent to an activating group) is 1. The van der Waals surface area contributed by atoms with Gasteiger partial charge < -0.3 is 33.3 Å². The van der Waals surface area contributed by atoms with E-state index in [4.69, 9.17) is 18.9 Å². The van der Waals surface area contributed by atoms with Crippen molar-refractivity contribution in [2.75, 3.05) is 47.5 Å². The van der Waals surface area contributed by atoms with Gasteiger partial charge in [0.2, 0.25) is 0 Å². The van der Waals surface area contributed by atoms with Gasteiger partial charge in [0.15, 0.2) is 12.4 Å². The average Bonchev–Trinajstić information content (AvgIpc) is 1.18. The molecular formula is C96H185NO8. The molecule has 0 amide bonds. The molecule has 0 aromatic carbocycles. The summed E-state index contributed by atoms with van der Waals surface area (Å²) in [6, 6.07) is 0. The molecule has 0 heterocycles. The van der Waals surface area contributed by atoms with E-state index in [2.05, 4.69) is 38.2 Å². The molecule has 9 nitrogen and oxygen atoms in total. The zero-order chi connectivity index (χ0) is 76.0. The van der Waals surface area contributed by atoms with E-state index in [9.17, 15) is 19.5 Å². The first-order chi connectivity index (χ1) is 51.6. The largest absolute Gasteiger partial charge is 0.545 e. The predicted octanol–water partition coefficient (Wildman–Crippen LogP) is 29.8. The molecule has 0 saturated carbocycles. The topological polar surface area (TPSA) is 111 Å². The third-order valence-electron chi connectivity index (χ3n) is 22.2. The number of unbranched alkanes of at least 4 members (excludes halogenated alkanes) is 72. The van der Waals surface area contributed by atoms with Crippen molar-refractivity contribution in [3.63, 3.8) is 0 Å². The lowest BCUT2D eigenvalue weighted by atomic mass is 10.0. The number of rotatable bonds is 91. The zero-order valence-electron chi connectivity index (χ0n) is 71.7. The maximum absolute atomic E-state index is 13.0. The molecular weight excluding hydrogens is 1300 g/mol. The fourth-order valence-electron chi connectivity index (χ4n) is 15.0. The summed E-state index contributed by atoms with van der Waals surface area (Å²) in [7, 11) is 5.96. The second-order valence-corrected chi connectivity index (χ2v) is 34.0. The third kappa shape index (κ3) is 88.9. The summed E-state index contributed by atoms with van der Waals surface area (Å²) in [6.45, 7) is 4.85. The molecule has 9 heteroatoms. The first kappa shape index (κ1) is 103. The summed E-state index contributed by atoms with van der Waals surface area (Å²) < 4.78 is 23.0. The van der Waals surface area contributed by atoms with Crippen molar-refractivity contribution < 1.29 is 42.9 Å². The van der Waals surface area contributed by atoms with E-state index in [0.717, 1.165) is 38.5 Å². The van der Waals surface area contributed by atoms with E-state index in [-0.39, 0.29) is 32.2 Å². The molecule has 0 aliphatic heterocycles. The van der Waals surface area contributed by atoms with E-state index in [0.29, 0.717) is 17.4 Å². The molecule has 0 N–H and O–H groups in total. The van der Waals surface area contributed by atoms with Gasteiger partial charge in [-0.1, -0.05) is 462 Å². The molecule has 0 radical (unpaired) electrons. The number of carbonyl (C=O) groups excluding carboxylic acids is 3. The number of ether oxygens (including phenoxy) is 4. The normalized spacial score (nSPS) is 12.6. The van der Waals surface area contributed by atoms with Crippen molar-refractivity contribution in [2.45, 2.75) is 527 Å². The Bertz CT molecular complexity index is 1780. The Labute approximate surface area is 656 Å². The van der Waals surface area contributed by atoms with Gasteiger partial charge in [0.25, 0.3) is 0 Å². The van der Waals surface area contributed by atoms with Crippen molar-refractivity contribution in [2.24, 2.45) is 0 Å². The highest BCUT2D eigenvalue weighted by Gasteiger charge is 2.22. The molecule has 0 fully saturated rings. The fraction of sp³-hybridized carbons (Fsp3) is 0.927. The van der Waals surface area contributed by atoms with E-state index in [1.54, 1.807) is 0 Å². The second kappa shape index (κ2) is 87.4. The van der Waals surface area contributed by atoms with Crippen LogP contribution in [0.15, 0.2) is 24.3 Å². The van der Waals surface area contributed by atoms with Crippen molar-refractivity contribution in [3.05, 3.63) is 24.3 Å². The summed E-state index contributed by atoms with van der Waals surface area (Å²) in [5.41, 5.74) is 0. The molecule has 2 unspecified atom stereocenters. The SMILES string of the molecule is CCCCCCCCCC/C=C\CCCCCCCCCCCCCCCCCCCCCCCCCCCCCCCC(=O)OC(COC(=O)CCCCCCCCCCCCCCCCCCCCCCCCCCCCC/C=C\CCCCCCCCCC)COC(OCC[N+](C)(C)C)C(=O)[O-]. The van der Waals surface area contributed by atoms with Crippen molar-refractivity contribution in [3.8, 4) is 0 Å². The number of esters is 2. The van der Waals surface area contributed by atoms with Crippen LogP contribution in [-0.2, 0) is 33.3 Å². The van der Waals surface area contributed by atoms with Crippen molar-refractivity contribution in [1.29, 1.82) is 0 Å². The summed E-state index contributed by atoms with van der Waals surface area (Å²) in [4.78, 5) is 37.7. The van der Waals surface area contributed by atoms with Crippen LogP contribution in [0.3, 0.4) is 0 Å². The molecule has 622 valence electrons. The Morgan fingerprint density at radius 1 is 0.276 bits per heavy atom. The summed E-state index contributed by atoms with van der Waals surface area (Å²) >= 11 is 0. The predicted molar refractivity (Wildman–Crippen MR) is 454 cm³/mol. The van der Waals surface area contributed by atoms with Crippen LogP contribution in [0.1, 0.15) is 515 Å². The van der Waals surface area contributed by atoms with Gasteiger partial charge >= 0.3 is 11.9 Å². The van der Waals surface area contributed by atoms with Crippen molar-refractivity contribution >= 4 is 17.9 Å². The number of carboxylic acids is 1. The number of allylic oxidation sites excluding steroid dienone is 4. The first-order valence-electron chi connectivity index (χ1n) is 47.5. The maximum Gasteiger partial charge on any atom is 0.306 e. The number of hydrogen-bond donors (Lipinski definition) is 0. The lowest BCUT2D eigenvalue weighted by Crippen LogP contribution is -2.44. The molecule has 0 rings (SSSR count). The van der Waals surface area contributed by atoms with Gasteiger partial charge in [-0.2, -0.15) is 0 Å². The van der Waals surface area contributed by atoms with E-state index < -0.39 is 24.3 Å². The quantitative estimate of drug-likeness (QED) is 0.0195. The Hall–Kier alpha value is -2.23. The molecule has 0 aromatic heterocycles. The molecule has 0 aromatic rings. The van der Waals surface area contributed by atoms with E-state index in [1.807, 2.05) is 21.1 Å². The van der Waals surface area contributed by atoms with E-state index in [1.165, 1.54) is 449 Å². The van der Waals surface area contributed by atoms with Gasteiger partial charge in [0.1, 0.15) is 13.2 Å². The van der Waals surface area contributed by atoms with Gasteiger partial charge in [-0.3, -0.25) is 9.59 Å². The molecule has 105 heavy (non-hydrogen) atoms. The minimum atomic E-state index is -1.62. The molecule has 2 atom stereocenters. The Morgan fingerprint density at radius 3 is 0.705 bits per heavy atom. The smallest absolute Gasteiger partial charge is 0.306 e. The number of quaternary nitrogens is 1. The first-order valence-corrected chi connectivity index (χ1v) is 47.5. The lowest BCUT2D eigenvalue weighted by molar-refractivity contribution is -0.870. The fourth-order valence-corrected chi connectivity index (χ4v) is 15.0. The van der Waals surface area contributed by atoms with Crippen LogP contribution in [0.5, 0.6) is 0 Å². The van der Waals surface area contributed by atoms with Crippen LogP contribution in [-0.4, -0.2) is 82.3 Å². The molecule has 0 aliphatic rings. The number of carbonyl (C=O) groups is 3. The number of carboxylic acid groups (broad SMARTS) is 1. The number of nitrogens with zero attached hydrogens (tertiary/aromatic N) is 1. The second-order valence-electron chi connectivity index (χ2n) is 34.0. The lowest BCUT2D eigenvalue weighted by Gasteiger charge is -2.26. The molecule has 0 spiro atoms. The maximum atomic E-state index is 13.0. The van der Waals surface area contributed by atoms with Gasteiger partial charge in [-0.15, -0.1) is 0 Å². The molecule has 0 aliphatic carbocycles. The Kier molecular flexibility index (Phi) is 85.5. The minimum absolute atomic E-state index is 0.153. The standard InChI is InChI=1S/C96H185NO8/c1-6-8-10-12-14-16-18-20-22-24-26-28-30-32-34-36-38-40-42-44-46-47-49-51-53-55-57-59-61-63-65-67-69-71-73-75-77-79-81-83-85-87-94(99)105-92(91-104-96(95(100)101)102-89-88-97(3,4)5)90-103-93(98)86-84-82-80-78-76-74-72-70-68-66-64-62-60-58-56-54-52-50-48-45-43-41-39-37-35-33-31-29-27-25-23-21-19-17-15-13-11-9-7-2/h24-27,92,96H,6-23,28-91H2,1-5H3/b26-24-,27-25-. The van der Waals surface area contributed by atoms with Crippen LogP contribution in [0.4, 0.5) is 0 Å². The number of aliphatic carboxylic acids is 1. The van der Waals surface area contributed by atoms with Crippen molar-refractivity contribution in [1.82, 2.24) is 0 Å². The van der Waals surface area contributed by atoms with Crippen LogP contribution in [0.2, 0.25) is 0 Å². The Morgan fingerprint density at radius 2 is 0.486 bits per heavy atom. The van der Waals surface area contributed by atoms with E-state index >= 15 is 0 Å². The highest BCUT2D eigenvalue weighted by atomic mass is 16.7. The Balaban J connectivity index is 3.85. The van der Waals surface area contributed by atoms with Gasteiger partial charge in [-0.25, -0.2) is 0 Å². The highest BCUT2D eigenvalue weighted by molar-refractivity contribution is 5.70. The van der Waals surface area contributed by atoms with Crippen LogP contribution >= 0.6 is 0 Å². The molecule has 0 saturated heterocycles. The average molecular weight is 1480 g/mol. The van der Waals surface area contributed by atoms with Crippen LogP contribution < -0.4 is 5.11 Å². The van der Waals surface area contributed by atoms with Gasteiger partial charge in [-0.05, 0) is 64.2 Å². The van der Waals surface area contributed by atoms with Gasteiger partial charge in [0, 0.05) is 12.8 Å². The zero-order valence-corrected chi connectivity index (χ0v) is 71.7. The monoisotopic (exact) mass is 1480 g/mol. The molecule has 0 bridgehead atoms. The number of hydrogen-bond acceptors (Lipinski definition) is 8. The summed E-state index contributed by atoms with van der Waals surface area (Å²) in [5, 5.41) is 11.9. The van der Waals surface area contributed by atoms with Crippen LogP contribution in [0.25, 0.3) is 0 Å².